The first-order valence-electron chi connectivity index (χ1n) is 5.95. The van der Waals surface area contributed by atoms with Gasteiger partial charge in [-0.1, -0.05) is 12.1 Å². The highest BCUT2D eigenvalue weighted by Gasteiger charge is 2.33. The van der Waals surface area contributed by atoms with Crippen LogP contribution in [0.3, 0.4) is 0 Å². The molecule has 0 spiro atoms. The molecule has 0 heterocycles. The second-order valence-electron chi connectivity index (χ2n) is 4.90. The van der Waals surface area contributed by atoms with E-state index in [0.29, 0.717) is 0 Å². The Morgan fingerprint density at radius 1 is 1.47 bits per heavy atom. The van der Waals surface area contributed by atoms with Crippen LogP contribution in [-0.4, -0.2) is 30.8 Å². The Labute approximate surface area is 111 Å². The molecular formula is C12H15NO5S. The van der Waals surface area contributed by atoms with Crippen molar-refractivity contribution in [1.29, 1.82) is 0 Å². The van der Waals surface area contributed by atoms with Gasteiger partial charge in [-0.25, -0.2) is 8.42 Å². The quantitative estimate of drug-likeness (QED) is 0.649. The van der Waals surface area contributed by atoms with Gasteiger partial charge < -0.3 is 5.11 Å². The molecule has 0 aliphatic heterocycles. The topological polar surface area (TPSA) is 97.5 Å². The number of aliphatic hydroxyl groups excluding tert-OH is 1. The first-order valence-corrected chi connectivity index (χ1v) is 7.84. The summed E-state index contributed by atoms with van der Waals surface area (Å²) in [6.07, 6.45) is 2.25. The summed E-state index contributed by atoms with van der Waals surface area (Å²) in [6, 6.07) is 4.19. The van der Waals surface area contributed by atoms with Gasteiger partial charge in [0.05, 0.1) is 11.0 Å². The third kappa shape index (κ3) is 3.10. The molecular weight excluding hydrogens is 270 g/mol. The number of hydrogen-bond acceptors (Lipinski definition) is 5. The number of nitrogens with zero attached hydrogens (tertiary/aromatic N) is 1. The number of para-hydroxylation sites is 1. The molecule has 2 rings (SSSR count). The lowest BCUT2D eigenvalue weighted by Crippen LogP contribution is -2.15. The molecule has 1 aliphatic carbocycles. The number of nitro groups is 1. The molecule has 1 N–H and O–H groups in total. The van der Waals surface area contributed by atoms with Gasteiger partial charge in [0.1, 0.15) is 4.90 Å². The van der Waals surface area contributed by atoms with Crippen LogP contribution in [0, 0.1) is 16.0 Å². The number of nitro benzene ring substituents is 1. The SMILES string of the molecule is CS(=O)(=O)c1cccc(CC(O)C2CC2)c1[N+](=O)[O-]. The van der Waals surface area contributed by atoms with Crippen molar-refractivity contribution in [3.63, 3.8) is 0 Å². The van der Waals surface area contributed by atoms with Crippen molar-refractivity contribution in [2.75, 3.05) is 6.26 Å². The van der Waals surface area contributed by atoms with Gasteiger partial charge in [-0.05, 0) is 24.8 Å². The molecule has 6 nitrogen and oxygen atoms in total. The van der Waals surface area contributed by atoms with Crippen molar-refractivity contribution in [2.24, 2.45) is 5.92 Å². The monoisotopic (exact) mass is 285 g/mol. The Morgan fingerprint density at radius 3 is 2.58 bits per heavy atom. The summed E-state index contributed by atoms with van der Waals surface area (Å²) < 4.78 is 23.2. The normalized spacial score (nSPS) is 17.2. The highest BCUT2D eigenvalue weighted by Crippen LogP contribution is 2.36. The van der Waals surface area contributed by atoms with Crippen molar-refractivity contribution >= 4 is 15.5 Å². The molecule has 1 fully saturated rings. The third-order valence-electron chi connectivity index (χ3n) is 3.26. The second kappa shape index (κ2) is 4.90. The van der Waals surface area contributed by atoms with E-state index < -0.39 is 26.6 Å². The van der Waals surface area contributed by atoms with Crippen molar-refractivity contribution in [3.05, 3.63) is 33.9 Å². The molecule has 1 saturated carbocycles. The predicted molar refractivity (Wildman–Crippen MR) is 68.6 cm³/mol. The molecule has 1 aromatic carbocycles. The van der Waals surface area contributed by atoms with E-state index >= 15 is 0 Å². The molecule has 1 aliphatic rings. The fourth-order valence-corrected chi connectivity index (χ4v) is 2.99. The van der Waals surface area contributed by atoms with Gasteiger partial charge in [-0.15, -0.1) is 0 Å². The number of hydrogen-bond donors (Lipinski definition) is 1. The fourth-order valence-electron chi connectivity index (χ4n) is 2.11. The van der Waals surface area contributed by atoms with Crippen molar-refractivity contribution in [2.45, 2.75) is 30.3 Å². The Morgan fingerprint density at radius 2 is 2.11 bits per heavy atom. The van der Waals surface area contributed by atoms with Gasteiger partial charge >= 0.3 is 0 Å². The molecule has 104 valence electrons. The van der Waals surface area contributed by atoms with E-state index in [2.05, 4.69) is 0 Å². The van der Waals surface area contributed by atoms with Crippen LogP contribution in [0.25, 0.3) is 0 Å². The van der Waals surface area contributed by atoms with Gasteiger partial charge in [-0.3, -0.25) is 10.1 Å². The van der Waals surface area contributed by atoms with Crippen molar-refractivity contribution in [3.8, 4) is 0 Å². The van der Waals surface area contributed by atoms with Crippen molar-refractivity contribution in [1.82, 2.24) is 0 Å². The number of benzene rings is 1. The number of sulfone groups is 1. The van der Waals surface area contributed by atoms with Gasteiger partial charge in [0.15, 0.2) is 9.84 Å². The smallest absolute Gasteiger partial charge is 0.291 e. The summed E-state index contributed by atoms with van der Waals surface area (Å²) in [7, 11) is -3.66. The van der Waals surface area contributed by atoms with Crippen molar-refractivity contribution < 1.29 is 18.4 Å². The maximum Gasteiger partial charge on any atom is 0.291 e. The van der Waals surface area contributed by atoms with E-state index in [-0.39, 0.29) is 22.8 Å². The summed E-state index contributed by atoms with van der Waals surface area (Å²) in [6.45, 7) is 0. The second-order valence-corrected chi connectivity index (χ2v) is 6.89. The van der Waals surface area contributed by atoms with E-state index in [9.17, 15) is 23.6 Å². The Bertz CT molecular complexity index is 607. The minimum Gasteiger partial charge on any atom is -0.392 e. The number of rotatable bonds is 5. The zero-order valence-electron chi connectivity index (χ0n) is 10.4. The summed E-state index contributed by atoms with van der Waals surface area (Å²) in [5, 5.41) is 21.0. The lowest BCUT2D eigenvalue weighted by molar-refractivity contribution is -0.388. The van der Waals surface area contributed by atoms with E-state index in [1.807, 2.05) is 0 Å². The molecule has 0 bridgehead atoms. The van der Waals surface area contributed by atoms with E-state index in [4.69, 9.17) is 0 Å². The summed E-state index contributed by atoms with van der Waals surface area (Å²) in [5.74, 6) is 0.182. The van der Waals surface area contributed by atoms with Crippen LogP contribution in [0.4, 0.5) is 5.69 Å². The molecule has 0 aromatic heterocycles. The maximum atomic E-state index is 11.6. The van der Waals surface area contributed by atoms with Crippen LogP contribution in [-0.2, 0) is 16.3 Å². The van der Waals surface area contributed by atoms with E-state index in [1.165, 1.54) is 18.2 Å². The largest absolute Gasteiger partial charge is 0.392 e. The molecule has 19 heavy (non-hydrogen) atoms. The molecule has 1 atom stereocenters. The highest BCUT2D eigenvalue weighted by atomic mass is 32.2. The van der Waals surface area contributed by atoms with Crippen LogP contribution in [0.1, 0.15) is 18.4 Å². The third-order valence-corrected chi connectivity index (χ3v) is 4.39. The fraction of sp³-hybridized carbons (Fsp3) is 0.500. The summed E-state index contributed by atoms with van der Waals surface area (Å²) in [4.78, 5) is 10.1. The van der Waals surface area contributed by atoms with Crippen LogP contribution < -0.4 is 0 Å². The van der Waals surface area contributed by atoms with E-state index in [1.54, 1.807) is 0 Å². The first kappa shape index (κ1) is 14.0. The van der Waals surface area contributed by atoms with Crippen LogP contribution in [0.5, 0.6) is 0 Å². The van der Waals surface area contributed by atoms with Gasteiger partial charge in [-0.2, -0.15) is 0 Å². The molecule has 0 amide bonds. The Balaban J connectivity index is 2.45. The summed E-state index contributed by atoms with van der Waals surface area (Å²) in [5.41, 5.74) is -0.142. The molecule has 1 aromatic rings. The molecule has 0 saturated heterocycles. The van der Waals surface area contributed by atoms with Crippen LogP contribution in [0.15, 0.2) is 23.1 Å². The average molecular weight is 285 g/mol. The Hall–Kier alpha value is -1.47. The molecule has 7 heteroatoms. The predicted octanol–water partition coefficient (Wildman–Crippen LogP) is 1.31. The minimum absolute atomic E-state index is 0.115. The zero-order chi connectivity index (χ0) is 14.2. The van der Waals surface area contributed by atoms with Gasteiger partial charge in [0, 0.05) is 18.2 Å². The zero-order valence-corrected chi connectivity index (χ0v) is 11.3. The molecule has 1 unspecified atom stereocenters. The number of aliphatic hydroxyl groups is 1. The van der Waals surface area contributed by atoms with Crippen LogP contribution in [0.2, 0.25) is 0 Å². The van der Waals surface area contributed by atoms with E-state index in [0.717, 1.165) is 19.1 Å². The standard InChI is InChI=1S/C12H15NO5S/c1-19(17,18)11-4-2-3-9(12(11)13(15)16)7-10(14)8-5-6-8/h2-4,8,10,14H,5-7H2,1H3. The first-order chi connectivity index (χ1) is 8.80. The Kier molecular flexibility index (Phi) is 3.60. The lowest BCUT2D eigenvalue weighted by atomic mass is 10.0. The average Bonchev–Trinajstić information content (AvgIpc) is 3.10. The highest BCUT2D eigenvalue weighted by molar-refractivity contribution is 7.90. The van der Waals surface area contributed by atoms with Gasteiger partial charge in [0.25, 0.3) is 5.69 Å². The van der Waals surface area contributed by atoms with Crippen LogP contribution >= 0.6 is 0 Å². The molecule has 0 radical (unpaired) electrons. The maximum absolute atomic E-state index is 11.6. The minimum atomic E-state index is -3.66. The van der Waals surface area contributed by atoms with Gasteiger partial charge in [0.2, 0.25) is 0 Å². The lowest BCUT2D eigenvalue weighted by Gasteiger charge is -2.11. The summed E-state index contributed by atoms with van der Waals surface area (Å²) >= 11 is 0.